The Morgan fingerprint density at radius 1 is 1.38 bits per heavy atom. The third-order valence-corrected chi connectivity index (χ3v) is 2.93. The van der Waals surface area contributed by atoms with Crippen molar-refractivity contribution in [3.63, 3.8) is 0 Å². The largest absolute Gasteiger partial charge is 0.396 e. The van der Waals surface area contributed by atoms with Crippen LogP contribution >= 0.6 is 0 Å². The summed E-state index contributed by atoms with van der Waals surface area (Å²) < 4.78 is 12.9. The number of aliphatic hydroxyl groups is 1. The highest BCUT2D eigenvalue weighted by molar-refractivity contribution is 5.23. The number of halogens is 1. The quantitative estimate of drug-likeness (QED) is 0.740. The molecule has 0 heterocycles. The molecule has 0 bridgehead atoms. The smallest absolute Gasteiger partial charge is 0.123 e. The Bertz CT molecular complexity index is 296. The number of aliphatic hydroxyl groups excluding tert-OH is 1. The summed E-state index contributed by atoms with van der Waals surface area (Å²) >= 11 is 0. The molecule has 1 N–H and O–H groups in total. The van der Waals surface area contributed by atoms with E-state index in [1.165, 1.54) is 6.07 Å². The molecule has 2 rings (SSSR count). The molecule has 0 aliphatic heterocycles. The zero-order chi connectivity index (χ0) is 9.26. The van der Waals surface area contributed by atoms with E-state index in [2.05, 4.69) is 0 Å². The first kappa shape index (κ1) is 8.70. The normalized spacial score (nSPS) is 26.9. The third-order valence-electron chi connectivity index (χ3n) is 2.93. The molecule has 2 heteroatoms. The summed E-state index contributed by atoms with van der Waals surface area (Å²) in [5.74, 6) is 0.545. The Balaban J connectivity index is 2.16. The SMILES string of the molecule is OCC1CCC1c1cccc(F)c1. The second-order valence-electron chi connectivity index (χ2n) is 3.68. The molecule has 2 atom stereocenters. The Kier molecular flexibility index (Phi) is 2.32. The molecule has 1 nitrogen and oxygen atoms in total. The van der Waals surface area contributed by atoms with Crippen molar-refractivity contribution < 1.29 is 9.50 Å². The molecule has 1 fully saturated rings. The fourth-order valence-corrected chi connectivity index (χ4v) is 1.96. The van der Waals surface area contributed by atoms with Crippen LogP contribution in [-0.4, -0.2) is 11.7 Å². The van der Waals surface area contributed by atoms with Gasteiger partial charge >= 0.3 is 0 Å². The van der Waals surface area contributed by atoms with Crippen LogP contribution in [0.3, 0.4) is 0 Å². The molecule has 70 valence electrons. The second-order valence-corrected chi connectivity index (χ2v) is 3.68. The van der Waals surface area contributed by atoms with E-state index in [9.17, 15) is 4.39 Å². The first-order valence-corrected chi connectivity index (χ1v) is 4.67. The maximum absolute atomic E-state index is 12.9. The fraction of sp³-hybridized carbons (Fsp3) is 0.455. The average Bonchev–Trinajstić information content (AvgIpc) is 2.03. The van der Waals surface area contributed by atoms with Crippen LogP contribution < -0.4 is 0 Å². The highest BCUT2D eigenvalue weighted by Crippen LogP contribution is 2.42. The van der Waals surface area contributed by atoms with Gasteiger partial charge in [0.25, 0.3) is 0 Å². The Morgan fingerprint density at radius 2 is 2.23 bits per heavy atom. The minimum atomic E-state index is -0.180. The van der Waals surface area contributed by atoms with Crippen molar-refractivity contribution in [2.45, 2.75) is 18.8 Å². The van der Waals surface area contributed by atoms with Gasteiger partial charge in [-0.1, -0.05) is 12.1 Å². The maximum Gasteiger partial charge on any atom is 0.123 e. The Hall–Kier alpha value is -0.890. The first-order chi connectivity index (χ1) is 6.31. The van der Waals surface area contributed by atoms with Gasteiger partial charge in [0.05, 0.1) is 0 Å². The molecule has 1 aromatic rings. The number of hydrogen-bond donors (Lipinski definition) is 1. The maximum atomic E-state index is 12.9. The van der Waals surface area contributed by atoms with Crippen molar-refractivity contribution in [1.82, 2.24) is 0 Å². The summed E-state index contributed by atoms with van der Waals surface area (Å²) in [6, 6.07) is 6.70. The highest BCUT2D eigenvalue weighted by Gasteiger charge is 2.31. The van der Waals surface area contributed by atoms with Crippen molar-refractivity contribution in [1.29, 1.82) is 0 Å². The standard InChI is InChI=1S/C11H13FO/c12-10-3-1-2-8(6-10)11-5-4-9(11)7-13/h1-3,6,9,11,13H,4-5,7H2. The summed E-state index contributed by atoms with van der Waals surface area (Å²) in [5, 5.41) is 8.99. The number of rotatable bonds is 2. The lowest BCUT2D eigenvalue weighted by Gasteiger charge is -2.35. The average molecular weight is 180 g/mol. The van der Waals surface area contributed by atoms with Crippen LogP contribution in [0.1, 0.15) is 24.3 Å². The molecule has 0 spiro atoms. The van der Waals surface area contributed by atoms with Gasteiger partial charge in [-0.05, 0) is 42.4 Å². The molecule has 1 aliphatic carbocycles. The van der Waals surface area contributed by atoms with Gasteiger partial charge in [0, 0.05) is 6.61 Å². The van der Waals surface area contributed by atoms with Gasteiger partial charge in [-0.3, -0.25) is 0 Å². The van der Waals surface area contributed by atoms with Crippen molar-refractivity contribution in [3.05, 3.63) is 35.6 Å². The van der Waals surface area contributed by atoms with Crippen LogP contribution in [0.2, 0.25) is 0 Å². The zero-order valence-electron chi connectivity index (χ0n) is 7.41. The highest BCUT2D eigenvalue weighted by atomic mass is 19.1. The summed E-state index contributed by atoms with van der Waals surface area (Å²) in [5.41, 5.74) is 1.03. The summed E-state index contributed by atoms with van der Waals surface area (Å²) in [6.07, 6.45) is 2.15. The van der Waals surface area contributed by atoms with Gasteiger partial charge in [0.1, 0.15) is 5.82 Å². The van der Waals surface area contributed by atoms with Crippen LogP contribution in [0, 0.1) is 11.7 Å². The molecule has 2 unspecified atom stereocenters. The lowest BCUT2D eigenvalue weighted by atomic mass is 9.70. The predicted octanol–water partition coefficient (Wildman–Crippen LogP) is 2.31. The van der Waals surface area contributed by atoms with Crippen LogP contribution in [0.15, 0.2) is 24.3 Å². The molecule has 13 heavy (non-hydrogen) atoms. The lowest BCUT2D eigenvalue weighted by Crippen LogP contribution is -2.26. The van der Waals surface area contributed by atoms with E-state index >= 15 is 0 Å². The third kappa shape index (κ3) is 1.59. The minimum absolute atomic E-state index is 0.180. The minimum Gasteiger partial charge on any atom is -0.396 e. The molecule has 1 saturated carbocycles. The second kappa shape index (κ2) is 3.46. The first-order valence-electron chi connectivity index (χ1n) is 4.67. The molecular formula is C11H13FO. The van der Waals surface area contributed by atoms with Gasteiger partial charge in [0.15, 0.2) is 0 Å². The molecule has 1 aliphatic rings. The molecule has 0 aromatic heterocycles. The molecule has 0 saturated heterocycles. The van der Waals surface area contributed by atoms with Crippen molar-refractivity contribution in [2.24, 2.45) is 5.92 Å². The van der Waals surface area contributed by atoms with E-state index in [-0.39, 0.29) is 12.4 Å². The van der Waals surface area contributed by atoms with E-state index in [0.29, 0.717) is 11.8 Å². The van der Waals surface area contributed by atoms with Gasteiger partial charge < -0.3 is 5.11 Å². The van der Waals surface area contributed by atoms with Crippen LogP contribution in [0.4, 0.5) is 4.39 Å². The van der Waals surface area contributed by atoms with Crippen LogP contribution in [-0.2, 0) is 0 Å². The van der Waals surface area contributed by atoms with E-state index in [0.717, 1.165) is 18.4 Å². The monoisotopic (exact) mass is 180 g/mol. The zero-order valence-corrected chi connectivity index (χ0v) is 7.41. The topological polar surface area (TPSA) is 20.2 Å². The number of benzene rings is 1. The van der Waals surface area contributed by atoms with Crippen molar-refractivity contribution >= 4 is 0 Å². The Morgan fingerprint density at radius 3 is 2.77 bits per heavy atom. The summed E-state index contributed by atoms with van der Waals surface area (Å²) in [6.45, 7) is 0.223. The molecule has 1 aromatic carbocycles. The summed E-state index contributed by atoms with van der Waals surface area (Å²) in [4.78, 5) is 0. The molecule has 0 radical (unpaired) electrons. The van der Waals surface area contributed by atoms with Gasteiger partial charge in [0.2, 0.25) is 0 Å². The molecule has 0 amide bonds. The predicted molar refractivity (Wildman–Crippen MR) is 49.0 cm³/mol. The van der Waals surface area contributed by atoms with E-state index in [4.69, 9.17) is 5.11 Å². The van der Waals surface area contributed by atoms with Crippen LogP contribution in [0.5, 0.6) is 0 Å². The lowest BCUT2D eigenvalue weighted by molar-refractivity contribution is 0.135. The van der Waals surface area contributed by atoms with E-state index in [1.54, 1.807) is 12.1 Å². The van der Waals surface area contributed by atoms with Crippen LogP contribution in [0.25, 0.3) is 0 Å². The van der Waals surface area contributed by atoms with Gasteiger partial charge in [-0.2, -0.15) is 0 Å². The van der Waals surface area contributed by atoms with Crippen molar-refractivity contribution in [3.8, 4) is 0 Å². The van der Waals surface area contributed by atoms with E-state index in [1.807, 2.05) is 6.07 Å². The number of hydrogen-bond acceptors (Lipinski definition) is 1. The van der Waals surface area contributed by atoms with Gasteiger partial charge in [-0.15, -0.1) is 0 Å². The molecular weight excluding hydrogens is 167 g/mol. The fourth-order valence-electron chi connectivity index (χ4n) is 1.96. The summed E-state index contributed by atoms with van der Waals surface area (Å²) in [7, 11) is 0. The van der Waals surface area contributed by atoms with Gasteiger partial charge in [-0.25, -0.2) is 4.39 Å². The Labute approximate surface area is 77.2 Å². The van der Waals surface area contributed by atoms with Crippen molar-refractivity contribution in [2.75, 3.05) is 6.61 Å². The van der Waals surface area contributed by atoms with E-state index < -0.39 is 0 Å².